The van der Waals surface area contributed by atoms with Crippen LogP contribution in [-0.4, -0.2) is 49.5 Å². The maximum Gasteiger partial charge on any atom is 0.475 e. The van der Waals surface area contributed by atoms with Crippen molar-refractivity contribution in [3.63, 3.8) is 0 Å². The topological polar surface area (TPSA) is 144 Å². The lowest BCUT2D eigenvalue weighted by Gasteiger charge is -2.30. The van der Waals surface area contributed by atoms with Crippen molar-refractivity contribution in [3.05, 3.63) is 48.5 Å². The summed E-state index contributed by atoms with van der Waals surface area (Å²) in [4.78, 5) is 12.2. The molecule has 0 bridgehead atoms. The van der Waals surface area contributed by atoms with E-state index in [1.807, 2.05) is 30.3 Å². The number of ether oxygens (including phenoxy) is 1. The second-order valence-electron chi connectivity index (χ2n) is 6.71. The SMILES string of the molecule is Nc1ncnc2c1ncn2[C@@H]1O[C@@H]2COP(=O)(OCc3ccccc3)O[C@H]2[C@H]1O. The zero-order valence-electron chi connectivity index (χ0n) is 15.1. The highest BCUT2D eigenvalue weighted by molar-refractivity contribution is 7.48. The van der Waals surface area contributed by atoms with Gasteiger partial charge in [0.2, 0.25) is 0 Å². The van der Waals surface area contributed by atoms with E-state index >= 15 is 0 Å². The lowest BCUT2D eigenvalue weighted by molar-refractivity contribution is -0.0714. The van der Waals surface area contributed by atoms with Gasteiger partial charge in [-0.15, -0.1) is 0 Å². The highest BCUT2D eigenvalue weighted by Crippen LogP contribution is 2.57. The Balaban J connectivity index is 1.34. The molecule has 2 saturated heterocycles. The molecule has 0 amide bonds. The summed E-state index contributed by atoms with van der Waals surface area (Å²) >= 11 is 0. The number of nitrogens with two attached hydrogens (primary N) is 1. The average molecular weight is 419 g/mol. The number of imidazole rings is 1. The number of rotatable bonds is 4. The lowest BCUT2D eigenvalue weighted by Crippen LogP contribution is -2.39. The molecule has 3 N–H and O–H groups in total. The largest absolute Gasteiger partial charge is 0.475 e. The van der Waals surface area contributed by atoms with Gasteiger partial charge in [-0.1, -0.05) is 30.3 Å². The molecule has 0 saturated carbocycles. The number of phosphoric ester groups is 1. The third-order valence-corrected chi connectivity index (χ3v) is 6.26. The third-order valence-electron chi connectivity index (χ3n) is 4.85. The van der Waals surface area contributed by atoms with Gasteiger partial charge in [-0.25, -0.2) is 19.5 Å². The molecular weight excluding hydrogens is 401 g/mol. The summed E-state index contributed by atoms with van der Waals surface area (Å²) in [7, 11) is -3.86. The summed E-state index contributed by atoms with van der Waals surface area (Å²) in [6, 6.07) is 9.23. The van der Waals surface area contributed by atoms with Crippen molar-refractivity contribution in [2.24, 2.45) is 0 Å². The lowest BCUT2D eigenvalue weighted by atomic mass is 10.1. The fraction of sp³-hybridized carbons (Fsp3) is 0.353. The number of nitrogens with zero attached hydrogens (tertiary/aromatic N) is 4. The average Bonchev–Trinajstić information content (AvgIpc) is 3.30. The van der Waals surface area contributed by atoms with Crippen LogP contribution in [-0.2, 0) is 29.5 Å². The highest BCUT2D eigenvalue weighted by Gasteiger charge is 2.53. The summed E-state index contributed by atoms with van der Waals surface area (Å²) in [5.41, 5.74) is 7.43. The van der Waals surface area contributed by atoms with Crippen LogP contribution in [0, 0.1) is 0 Å². The molecule has 11 nitrogen and oxygen atoms in total. The minimum atomic E-state index is -3.86. The molecule has 0 aliphatic carbocycles. The second-order valence-corrected chi connectivity index (χ2v) is 8.33. The van der Waals surface area contributed by atoms with Crippen molar-refractivity contribution < 1.29 is 28.0 Å². The minimum Gasteiger partial charge on any atom is -0.386 e. The maximum absolute atomic E-state index is 12.9. The number of hydrogen-bond acceptors (Lipinski definition) is 10. The summed E-state index contributed by atoms with van der Waals surface area (Å²) in [6.07, 6.45) is -0.788. The first kappa shape index (κ1) is 18.6. The smallest absolute Gasteiger partial charge is 0.386 e. The molecule has 0 spiro atoms. The Morgan fingerprint density at radius 1 is 1.28 bits per heavy atom. The summed E-state index contributed by atoms with van der Waals surface area (Å²) in [6.45, 7) is 0.00624. The van der Waals surface area contributed by atoms with Crippen molar-refractivity contribution in [2.45, 2.75) is 31.1 Å². The molecule has 12 heteroatoms. The van der Waals surface area contributed by atoms with Crippen molar-refractivity contribution in [2.75, 3.05) is 12.3 Å². The van der Waals surface area contributed by atoms with Crippen molar-refractivity contribution >= 4 is 24.8 Å². The molecule has 1 unspecified atom stereocenters. The highest BCUT2D eigenvalue weighted by atomic mass is 31.2. The van der Waals surface area contributed by atoms with Crippen LogP contribution in [0.2, 0.25) is 0 Å². The van der Waals surface area contributed by atoms with Gasteiger partial charge >= 0.3 is 7.82 Å². The summed E-state index contributed by atoms with van der Waals surface area (Å²) in [5, 5.41) is 10.8. The Kier molecular flexibility index (Phi) is 4.58. The molecule has 2 aromatic heterocycles. The fourth-order valence-electron chi connectivity index (χ4n) is 3.41. The molecule has 2 aliphatic heterocycles. The van der Waals surface area contributed by atoms with E-state index in [9.17, 15) is 9.67 Å². The van der Waals surface area contributed by atoms with E-state index in [1.54, 1.807) is 0 Å². The molecule has 152 valence electrons. The Morgan fingerprint density at radius 2 is 2.10 bits per heavy atom. The van der Waals surface area contributed by atoms with E-state index in [2.05, 4.69) is 15.0 Å². The number of aliphatic hydroxyl groups excluding tert-OH is 1. The molecule has 2 aliphatic rings. The molecule has 2 fully saturated rings. The number of aliphatic hydroxyl groups is 1. The number of phosphoric acid groups is 1. The predicted octanol–water partition coefficient (Wildman–Crippen LogP) is 1.41. The van der Waals surface area contributed by atoms with E-state index in [0.717, 1.165) is 5.56 Å². The van der Waals surface area contributed by atoms with Gasteiger partial charge in [-0.2, -0.15) is 0 Å². The zero-order valence-corrected chi connectivity index (χ0v) is 16.0. The van der Waals surface area contributed by atoms with Crippen LogP contribution in [0.3, 0.4) is 0 Å². The Hall–Kier alpha value is -2.40. The number of anilines is 1. The Morgan fingerprint density at radius 3 is 2.93 bits per heavy atom. The predicted molar refractivity (Wildman–Crippen MR) is 99.3 cm³/mol. The number of hydrogen-bond donors (Lipinski definition) is 2. The number of benzene rings is 1. The van der Waals surface area contributed by atoms with Gasteiger partial charge in [-0.3, -0.25) is 18.1 Å². The third kappa shape index (κ3) is 3.31. The van der Waals surface area contributed by atoms with E-state index in [4.69, 9.17) is 24.0 Å². The van der Waals surface area contributed by atoms with Gasteiger partial charge in [0.1, 0.15) is 30.2 Å². The van der Waals surface area contributed by atoms with Gasteiger partial charge in [0, 0.05) is 0 Å². The van der Waals surface area contributed by atoms with Crippen LogP contribution in [0.1, 0.15) is 11.8 Å². The first-order valence-electron chi connectivity index (χ1n) is 8.92. The van der Waals surface area contributed by atoms with Crippen LogP contribution in [0.4, 0.5) is 5.82 Å². The van der Waals surface area contributed by atoms with Crippen LogP contribution in [0.25, 0.3) is 11.2 Å². The first-order valence-corrected chi connectivity index (χ1v) is 10.4. The zero-order chi connectivity index (χ0) is 20.0. The molecular formula is C17H18N5O6P. The van der Waals surface area contributed by atoms with Crippen LogP contribution in [0.5, 0.6) is 0 Å². The van der Waals surface area contributed by atoms with Crippen LogP contribution in [0.15, 0.2) is 43.0 Å². The normalized spacial score (nSPS) is 31.8. The van der Waals surface area contributed by atoms with Gasteiger partial charge < -0.3 is 15.6 Å². The Labute approximate surface area is 165 Å². The molecule has 3 aromatic rings. The first-order chi connectivity index (χ1) is 14.0. The van der Waals surface area contributed by atoms with Crippen LogP contribution < -0.4 is 5.73 Å². The fourth-order valence-corrected chi connectivity index (χ4v) is 4.80. The van der Waals surface area contributed by atoms with E-state index in [0.29, 0.717) is 11.2 Å². The van der Waals surface area contributed by atoms with Crippen LogP contribution >= 0.6 is 7.82 Å². The molecule has 1 aromatic carbocycles. The van der Waals surface area contributed by atoms with E-state index in [-0.39, 0.29) is 19.0 Å². The van der Waals surface area contributed by atoms with Gasteiger partial charge in [0.05, 0.1) is 19.5 Å². The summed E-state index contributed by atoms with van der Waals surface area (Å²) in [5.74, 6) is 0.219. The molecule has 5 rings (SSSR count). The number of aromatic nitrogens is 4. The number of nitrogen functional groups attached to an aromatic ring is 1. The van der Waals surface area contributed by atoms with E-state index in [1.165, 1.54) is 17.2 Å². The van der Waals surface area contributed by atoms with Gasteiger partial charge in [-0.05, 0) is 5.56 Å². The van der Waals surface area contributed by atoms with Gasteiger partial charge in [0.15, 0.2) is 17.7 Å². The summed E-state index contributed by atoms with van der Waals surface area (Å²) < 4.78 is 36.5. The number of fused-ring (bicyclic) bond motifs is 2. The van der Waals surface area contributed by atoms with Crippen molar-refractivity contribution in [1.29, 1.82) is 0 Å². The molecule has 29 heavy (non-hydrogen) atoms. The second kappa shape index (κ2) is 7.13. The minimum absolute atomic E-state index is 0.0476. The quantitative estimate of drug-likeness (QED) is 0.596. The van der Waals surface area contributed by atoms with Crippen molar-refractivity contribution in [1.82, 2.24) is 19.5 Å². The monoisotopic (exact) mass is 419 g/mol. The van der Waals surface area contributed by atoms with Crippen molar-refractivity contribution in [3.8, 4) is 0 Å². The molecule has 4 heterocycles. The molecule has 0 radical (unpaired) electrons. The molecule has 5 atom stereocenters. The van der Waals surface area contributed by atoms with Gasteiger partial charge in [0.25, 0.3) is 0 Å². The Bertz CT molecular complexity index is 1080. The maximum atomic E-state index is 12.9. The standard InChI is InChI=1S/C17H18N5O6P/c18-15-12-16(20-8-19-15)22(9-21-12)17-13(23)14-11(27-17)7-26-29(24,28-14)25-6-10-4-2-1-3-5-10/h1-5,8-9,11,13-14,17,23H,6-7H2,(H2,18,19,20)/t11-,13-,14-,17-,29?/m1/s1. The van der Waals surface area contributed by atoms with E-state index < -0.39 is 32.4 Å².